The Morgan fingerprint density at radius 1 is 1.00 bits per heavy atom. The predicted octanol–water partition coefficient (Wildman–Crippen LogP) is 2.46. The smallest absolute Gasteiger partial charge is 0.319 e. The first-order valence-electron chi connectivity index (χ1n) is 10.0. The minimum Gasteiger partial charge on any atom is -0.339 e. The number of amides is 3. The number of aromatic nitrogens is 3. The van der Waals surface area contributed by atoms with Gasteiger partial charge in [0.2, 0.25) is 11.9 Å². The molecule has 10 heteroatoms. The first kappa shape index (κ1) is 20.7. The molecule has 160 valence electrons. The fourth-order valence-electron chi connectivity index (χ4n) is 3.32. The minimum absolute atomic E-state index is 0.0275. The molecule has 0 radical (unpaired) electrons. The quantitative estimate of drug-likeness (QED) is 0.614. The summed E-state index contributed by atoms with van der Waals surface area (Å²) in [6.07, 6.45) is 5.44. The van der Waals surface area contributed by atoms with Crippen molar-refractivity contribution in [2.24, 2.45) is 0 Å². The van der Waals surface area contributed by atoms with Crippen molar-refractivity contribution in [2.75, 3.05) is 42.9 Å². The molecule has 0 spiro atoms. The van der Waals surface area contributed by atoms with Gasteiger partial charge in [-0.05, 0) is 18.2 Å². The van der Waals surface area contributed by atoms with Gasteiger partial charge in [-0.1, -0.05) is 12.1 Å². The summed E-state index contributed by atoms with van der Waals surface area (Å²) in [5.41, 5.74) is 1.62. The second-order valence-corrected chi connectivity index (χ2v) is 7.86. The Bertz CT molecular complexity index is 1010. The van der Waals surface area contributed by atoms with Crippen molar-refractivity contribution in [1.29, 1.82) is 0 Å². The van der Waals surface area contributed by atoms with Crippen LogP contribution >= 0.6 is 11.3 Å². The SMILES string of the molecule is O=C(NCCC(=O)N1CCN(c2ncccn2)CC1)Nc1cccc(-c2nccs2)c1. The van der Waals surface area contributed by atoms with Crippen LogP contribution in [0.4, 0.5) is 16.4 Å². The molecule has 4 rings (SSSR count). The Hall–Kier alpha value is -3.53. The lowest BCUT2D eigenvalue weighted by Gasteiger charge is -2.34. The van der Waals surface area contributed by atoms with Gasteiger partial charge < -0.3 is 20.4 Å². The van der Waals surface area contributed by atoms with Crippen molar-refractivity contribution in [3.8, 4) is 10.6 Å². The second kappa shape index (κ2) is 9.98. The summed E-state index contributed by atoms with van der Waals surface area (Å²) in [6, 6.07) is 8.96. The van der Waals surface area contributed by atoms with Gasteiger partial charge in [0, 0.05) is 74.4 Å². The van der Waals surface area contributed by atoms with Gasteiger partial charge in [-0.25, -0.2) is 19.7 Å². The van der Waals surface area contributed by atoms with Gasteiger partial charge in [0.05, 0.1) is 0 Å². The average Bonchev–Trinajstić information content (AvgIpc) is 3.35. The van der Waals surface area contributed by atoms with Crippen LogP contribution in [0.15, 0.2) is 54.3 Å². The van der Waals surface area contributed by atoms with Crippen LogP contribution in [0.2, 0.25) is 0 Å². The molecule has 31 heavy (non-hydrogen) atoms. The van der Waals surface area contributed by atoms with Crippen LogP contribution in [0.3, 0.4) is 0 Å². The Morgan fingerprint density at radius 2 is 1.81 bits per heavy atom. The number of rotatable bonds is 6. The van der Waals surface area contributed by atoms with E-state index in [2.05, 4.69) is 30.5 Å². The number of carbonyl (C=O) groups is 2. The maximum absolute atomic E-state index is 12.5. The first-order chi connectivity index (χ1) is 15.2. The third-order valence-corrected chi connectivity index (χ3v) is 5.71. The lowest BCUT2D eigenvalue weighted by atomic mass is 10.2. The number of benzene rings is 1. The van der Waals surface area contributed by atoms with E-state index in [0.29, 0.717) is 37.8 Å². The number of hydrogen-bond donors (Lipinski definition) is 2. The molecule has 0 saturated carbocycles. The minimum atomic E-state index is -0.338. The number of nitrogens with zero attached hydrogens (tertiary/aromatic N) is 5. The van der Waals surface area contributed by atoms with Crippen LogP contribution in [0.5, 0.6) is 0 Å². The Morgan fingerprint density at radius 3 is 2.55 bits per heavy atom. The van der Waals surface area contributed by atoms with Crippen LogP contribution in [0, 0.1) is 0 Å². The number of carbonyl (C=O) groups excluding carboxylic acids is 2. The number of thiazole rings is 1. The summed E-state index contributed by atoms with van der Waals surface area (Å²) >= 11 is 1.54. The molecule has 3 heterocycles. The fraction of sp³-hybridized carbons (Fsp3) is 0.286. The molecule has 1 aromatic carbocycles. The maximum atomic E-state index is 12.5. The van der Waals surface area contributed by atoms with E-state index in [1.54, 1.807) is 36.0 Å². The average molecular weight is 438 g/mol. The van der Waals surface area contributed by atoms with Crippen molar-refractivity contribution in [1.82, 2.24) is 25.2 Å². The van der Waals surface area contributed by atoms with Crippen LogP contribution in [0.25, 0.3) is 10.6 Å². The van der Waals surface area contributed by atoms with E-state index in [1.807, 2.05) is 34.5 Å². The Labute approximate surface area is 184 Å². The topological polar surface area (TPSA) is 103 Å². The van der Waals surface area contributed by atoms with E-state index in [-0.39, 0.29) is 24.9 Å². The molecule has 0 bridgehead atoms. The molecule has 0 aliphatic carbocycles. The van der Waals surface area contributed by atoms with E-state index in [1.165, 1.54) is 0 Å². The Balaban J connectivity index is 1.19. The molecule has 1 aliphatic rings. The zero-order valence-corrected chi connectivity index (χ0v) is 17.7. The van der Waals surface area contributed by atoms with Gasteiger partial charge in [-0.15, -0.1) is 11.3 Å². The highest BCUT2D eigenvalue weighted by molar-refractivity contribution is 7.13. The van der Waals surface area contributed by atoms with Crippen LogP contribution in [0.1, 0.15) is 6.42 Å². The third kappa shape index (κ3) is 5.54. The van der Waals surface area contributed by atoms with Crippen molar-refractivity contribution in [2.45, 2.75) is 6.42 Å². The number of anilines is 2. The largest absolute Gasteiger partial charge is 0.339 e. The predicted molar refractivity (Wildman–Crippen MR) is 120 cm³/mol. The number of nitrogens with one attached hydrogen (secondary N) is 2. The van der Waals surface area contributed by atoms with Gasteiger partial charge in [-0.3, -0.25) is 4.79 Å². The molecule has 9 nitrogen and oxygen atoms in total. The summed E-state index contributed by atoms with van der Waals surface area (Å²) in [6.45, 7) is 2.90. The molecule has 1 saturated heterocycles. The molecule has 0 unspecified atom stereocenters. The van der Waals surface area contributed by atoms with Crippen molar-refractivity contribution in [3.63, 3.8) is 0 Å². The summed E-state index contributed by atoms with van der Waals surface area (Å²) in [4.78, 5) is 41.3. The number of hydrogen-bond acceptors (Lipinski definition) is 7. The van der Waals surface area contributed by atoms with Crippen LogP contribution in [-0.4, -0.2) is 64.5 Å². The Kier molecular flexibility index (Phi) is 6.68. The monoisotopic (exact) mass is 437 g/mol. The molecule has 3 amide bonds. The van der Waals surface area contributed by atoms with Gasteiger partial charge in [0.25, 0.3) is 0 Å². The highest BCUT2D eigenvalue weighted by atomic mass is 32.1. The maximum Gasteiger partial charge on any atom is 0.319 e. The van der Waals surface area contributed by atoms with Crippen LogP contribution < -0.4 is 15.5 Å². The third-order valence-electron chi connectivity index (χ3n) is 4.89. The normalized spacial score (nSPS) is 13.7. The summed E-state index contributed by atoms with van der Waals surface area (Å²) in [5, 5.41) is 8.36. The molecule has 1 aliphatic heterocycles. The number of urea groups is 1. The van der Waals surface area contributed by atoms with Crippen molar-refractivity contribution >= 4 is 34.9 Å². The summed E-state index contributed by atoms with van der Waals surface area (Å²) in [5.74, 6) is 0.714. The van der Waals surface area contributed by atoms with E-state index in [4.69, 9.17) is 0 Å². The lowest BCUT2D eigenvalue weighted by molar-refractivity contribution is -0.131. The molecule has 3 aromatic rings. The summed E-state index contributed by atoms with van der Waals surface area (Å²) in [7, 11) is 0. The highest BCUT2D eigenvalue weighted by Gasteiger charge is 2.22. The summed E-state index contributed by atoms with van der Waals surface area (Å²) < 4.78 is 0. The van der Waals surface area contributed by atoms with E-state index < -0.39 is 0 Å². The molecular formula is C21H23N7O2S. The number of piperazine rings is 1. The van der Waals surface area contributed by atoms with Gasteiger partial charge in [-0.2, -0.15) is 0 Å². The van der Waals surface area contributed by atoms with Crippen LogP contribution in [-0.2, 0) is 4.79 Å². The second-order valence-electron chi connectivity index (χ2n) is 6.97. The van der Waals surface area contributed by atoms with Gasteiger partial charge in [0.1, 0.15) is 5.01 Å². The standard InChI is InChI=1S/C21H23N7O2S/c29-18(27-10-12-28(13-11-27)20-23-6-2-7-24-20)5-8-25-21(30)26-17-4-1-3-16(15-17)19-22-9-14-31-19/h1-4,6-7,9,14-15H,5,8,10-13H2,(H2,25,26,30). The van der Waals surface area contributed by atoms with E-state index >= 15 is 0 Å². The molecule has 0 atom stereocenters. The zero-order valence-electron chi connectivity index (χ0n) is 16.9. The van der Waals surface area contributed by atoms with Crippen molar-refractivity contribution in [3.05, 3.63) is 54.3 Å². The first-order valence-corrected chi connectivity index (χ1v) is 10.9. The zero-order chi connectivity index (χ0) is 21.5. The molecule has 1 fully saturated rings. The van der Waals surface area contributed by atoms with Gasteiger partial charge >= 0.3 is 6.03 Å². The highest BCUT2D eigenvalue weighted by Crippen LogP contribution is 2.24. The van der Waals surface area contributed by atoms with E-state index in [0.717, 1.165) is 10.6 Å². The molecule has 2 aromatic heterocycles. The lowest BCUT2D eigenvalue weighted by Crippen LogP contribution is -2.49. The fourth-order valence-corrected chi connectivity index (χ4v) is 3.96. The van der Waals surface area contributed by atoms with E-state index in [9.17, 15) is 9.59 Å². The molecular weight excluding hydrogens is 414 g/mol. The van der Waals surface area contributed by atoms with Crippen molar-refractivity contribution < 1.29 is 9.59 Å². The van der Waals surface area contributed by atoms with Gasteiger partial charge in [0.15, 0.2) is 0 Å². The molecule has 2 N–H and O–H groups in total.